The molecule has 0 unspecified atom stereocenters. The van der Waals surface area contributed by atoms with Crippen LogP contribution in [0, 0.1) is 0 Å². The number of carboxylic acid groups (broad SMARTS) is 1. The Hall–Kier alpha value is -2.29. The lowest BCUT2D eigenvalue weighted by Crippen LogP contribution is -2.29. The molecule has 104 valence electrons. The predicted octanol–water partition coefficient (Wildman–Crippen LogP) is 3.32. The highest BCUT2D eigenvalue weighted by Gasteiger charge is 2.19. The van der Waals surface area contributed by atoms with E-state index < -0.39 is 12.1 Å². The van der Waals surface area contributed by atoms with Crippen LogP contribution in [0.1, 0.15) is 18.1 Å². The number of aliphatic carboxylic acids is 1. The second-order valence-electron chi connectivity index (χ2n) is 4.63. The zero-order valence-corrected chi connectivity index (χ0v) is 11.5. The van der Waals surface area contributed by atoms with Gasteiger partial charge in [-0.1, -0.05) is 49.4 Å². The van der Waals surface area contributed by atoms with Gasteiger partial charge in [0, 0.05) is 6.42 Å². The molecule has 0 aliphatic carbocycles. The van der Waals surface area contributed by atoms with Gasteiger partial charge in [-0.05, 0) is 29.7 Å². The van der Waals surface area contributed by atoms with Gasteiger partial charge < -0.3 is 9.84 Å². The number of carbonyl (C=O) groups is 1. The molecule has 0 amide bonds. The van der Waals surface area contributed by atoms with E-state index in [1.807, 2.05) is 54.6 Å². The average molecular weight is 270 g/mol. The lowest BCUT2D eigenvalue weighted by Gasteiger charge is -2.15. The Balaban J connectivity index is 2.07. The van der Waals surface area contributed by atoms with Crippen LogP contribution in [0.5, 0.6) is 5.75 Å². The van der Waals surface area contributed by atoms with Crippen LogP contribution in [0.4, 0.5) is 0 Å². The summed E-state index contributed by atoms with van der Waals surface area (Å²) in [7, 11) is 0. The summed E-state index contributed by atoms with van der Waals surface area (Å²) in [5.74, 6) is -0.362. The number of carboxylic acids is 1. The third-order valence-electron chi connectivity index (χ3n) is 3.15. The summed E-state index contributed by atoms with van der Waals surface area (Å²) >= 11 is 0. The Morgan fingerprint density at radius 3 is 2.25 bits per heavy atom. The summed E-state index contributed by atoms with van der Waals surface area (Å²) in [6, 6.07) is 17.0. The molecule has 1 N–H and O–H groups in total. The van der Waals surface area contributed by atoms with E-state index in [9.17, 15) is 9.90 Å². The molecule has 1 atom stereocenters. The molecular formula is C17H18O3. The van der Waals surface area contributed by atoms with Gasteiger partial charge in [0.25, 0.3) is 0 Å². The van der Waals surface area contributed by atoms with Gasteiger partial charge in [-0.15, -0.1) is 0 Å². The highest BCUT2D eigenvalue weighted by Crippen LogP contribution is 2.16. The first-order valence-corrected chi connectivity index (χ1v) is 6.71. The molecule has 0 bridgehead atoms. The highest BCUT2D eigenvalue weighted by atomic mass is 16.5. The van der Waals surface area contributed by atoms with Crippen molar-refractivity contribution >= 4 is 5.97 Å². The summed E-state index contributed by atoms with van der Waals surface area (Å²) in [6.07, 6.45) is 0.433. The van der Waals surface area contributed by atoms with Crippen molar-refractivity contribution < 1.29 is 14.6 Å². The fraction of sp³-hybridized carbons (Fsp3) is 0.235. The van der Waals surface area contributed by atoms with Crippen molar-refractivity contribution in [1.29, 1.82) is 0 Å². The molecule has 0 radical (unpaired) electrons. The quantitative estimate of drug-likeness (QED) is 0.875. The molecule has 2 rings (SSSR count). The Kier molecular flexibility index (Phi) is 4.77. The fourth-order valence-electron chi connectivity index (χ4n) is 1.98. The fourth-order valence-corrected chi connectivity index (χ4v) is 1.98. The Morgan fingerprint density at radius 2 is 1.70 bits per heavy atom. The molecule has 0 aromatic heterocycles. The van der Waals surface area contributed by atoms with E-state index in [4.69, 9.17) is 4.74 Å². The van der Waals surface area contributed by atoms with Gasteiger partial charge in [0.05, 0.1) is 0 Å². The molecular weight excluding hydrogens is 252 g/mol. The molecule has 0 aliphatic heterocycles. The molecule has 2 aromatic carbocycles. The number of hydrogen-bond acceptors (Lipinski definition) is 2. The minimum absolute atomic E-state index is 0.353. The van der Waals surface area contributed by atoms with Crippen molar-refractivity contribution in [2.45, 2.75) is 25.9 Å². The number of hydrogen-bond donors (Lipinski definition) is 1. The number of ether oxygens (including phenoxy) is 1. The largest absolute Gasteiger partial charge is 0.478 e. The first-order chi connectivity index (χ1) is 9.69. The standard InChI is InChI=1S/C17H18O3/c1-2-13-8-10-15(11-9-13)20-16(17(18)19)12-14-6-4-3-5-7-14/h3-11,16H,2,12H2,1H3,(H,18,19)/t16-/m0/s1. The van der Waals surface area contributed by atoms with Gasteiger partial charge in [-0.25, -0.2) is 4.79 Å². The maximum atomic E-state index is 11.3. The van der Waals surface area contributed by atoms with Gasteiger partial charge >= 0.3 is 5.97 Å². The second kappa shape index (κ2) is 6.75. The van der Waals surface area contributed by atoms with Crippen LogP contribution in [0.15, 0.2) is 54.6 Å². The van der Waals surface area contributed by atoms with Crippen molar-refractivity contribution in [3.05, 3.63) is 65.7 Å². The lowest BCUT2D eigenvalue weighted by atomic mass is 10.1. The van der Waals surface area contributed by atoms with Crippen LogP contribution in [0.2, 0.25) is 0 Å². The predicted molar refractivity (Wildman–Crippen MR) is 78.0 cm³/mol. The summed E-state index contributed by atoms with van der Waals surface area (Å²) in [5, 5.41) is 9.27. The van der Waals surface area contributed by atoms with Crippen LogP contribution in [0.3, 0.4) is 0 Å². The van der Waals surface area contributed by atoms with Crippen molar-refractivity contribution in [2.75, 3.05) is 0 Å². The second-order valence-corrected chi connectivity index (χ2v) is 4.63. The maximum Gasteiger partial charge on any atom is 0.345 e. The zero-order valence-electron chi connectivity index (χ0n) is 11.5. The Labute approximate surface area is 118 Å². The first kappa shape index (κ1) is 14.1. The topological polar surface area (TPSA) is 46.5 Å². The molecule has 0 heterocycles. The molecule has 20 heavy (non-hydrogen) atoms. The van der Waals surface area contributed by atoms with Crippen molar-refractivity contribution in [2.24, 2.45) is 0 Å². The number of benzene rings is 2. The summed E-state index contributed by atoms with van der Waals surface area (Å²) in [4.78, 5) is 11.3. The van der Waals surface area contributed by atoms with E-state index >= 15 is 0 Å². The molecule has 0 fully saturated rings. The molecule has 3 nitrogen and oxygen atoms in total. The van der Waals surface area contributed by atoms with Crippen molar-refractivity contribution in [3.63, 3.8) is 0 Å². The van der Waals surface area contributed by atoms with Gasteiger partial charge in [-0.3, -0.25) is 0 Å². The SMILES string of the molecule is CCc1ccc(O[C@@H](Cc2ccccc2)C(=O)O)cc1. The van der Waals surface area contributed by atoms with Gasteiger partial charge in [0.2, 0.25) is 0 Å². The Morgan fingerprint density at radius 1 is 1.05 bits per heavy atom. The number of aryl methyl sites for hydroxylation is 1. The van der Waals surface area contributed by atoms with E-state index in [2.05, 4.69) is 6.92 Å². The van der Waals surface area contributed by atoms with E-state index in [-0.39, 0.29) is 0 Å². The summed E-state index contributed by atoms with van der Waals surface area (Å²) in [6.45, 7) is 2.07. The van der Waals surface area contributed by atoms with Gasteiger partial charge in [-0.2, -0.15) is 0 Å². The lowest BCUT2D eigenvalue weighted by molar-refractivity contribution is -0.145. The monoisotopic (exact) mass is 270 g/mol. The number of rotatable bonds is 6. The molecule has 0 aliphatic rings. The third-order valence-corrected chi connectivity index (χ3v) is 3.15. The van der Waals surface area contributed by atoms with Crippen LogP contribution in [-0.4, -0.2) is 17.2 Å². The first-order valence-electron chi connectivity index (χ1n) is 6.71. The normalized spacial score (nSPS) is 11.8. The summed E-state index contributed by atoms with van der Waals surface area (Å²) < 4.78 is 5.58. The van der Waals surface area contributed by atoms with Crippen LogP contribution < -0.4 is 4.74 Å². The minimum Gasteiger partial charge on any atom is -0.478 e. The van der Waals surface area contributed by atoms with E-state index in [1.54, 1.807) is 0 Å². The molecule has 0 saturated heterocycles. The van der Waals surface area contributed by atoms with Crippen LogP contribution in [-0.2, 0) is 17.6 Å². The maximum absolute atomic E-state index is 11.3. The zero-order chi connectivity index (χ0) is 14.4. The van der Waals surface area contributed by atoms with E-state index in [0.717, 1.165) is 12.0 Å². The third kappa shape index (κ3) is 3.85. The van der Waals surface area contributed by atoms with Crippen LogP contribution in [0.25, 0.3) is 0 Å². The van der Waals surface area contributed by atoms with Gasteiger partial charge in [0.15, 0.2) is 6.10 Å². The smallest absolute Gasteiger partial charge is 0.345 e. The van der Waals surface area contributed by atoms with E-state index in [0.29, 0.717) is 12.2 Å². The Bertz CT molecular complexity index is 546. The van der Waals surface area contributed by atoms with Crippen LogP contribution >= 0.6 is 0 Å². The highest BCUT2D eigenvalue weighted by molar-refractivity contribution is 5.73. The molecule has 0 spiro atoms. The molecule has 3 heteroatoms. The molecule has 2 aromatic rings. The molecule has 0 saturated carbocycles. The van der Waals surface area contributed by atoms with Gasteiger partial charge in [0.1, 0.15) is 5.75 Å². The summed E-state index contributed by atoms with van der Waals surface area (Å²) in [5.41, 5.74) is 2.15. The van der Waals surface area contributed by atoms with Crippen molar-refractivity contribution in [1.82, 2.24) is 0 Å². The van der Waals surface area contributed by atoms with Crippen molar-refractivity contribution in [3.8, 4) is 5.75 Å². The average Bonchev–Trinajstić information content (AvgIpc) is 2.48. The minimum atomic E-state index is -0.951. The van der Waals surface area contributed by atoms with E-state index in [1.165, 1.54) is 5.56 Å².